The summed E-state index contributed by atoms with van der Waals surface area (Å²) in [7, 11) is 0. The summed E-state index contributed by atoms with van der Waals surface area (Å²) >= 11 is 13.6. The van der Waals surface area contributed by atoms with E-state index >= 15 is 0 Å². The molecule has 0 amide bonds. The first kappa shape index (κ1) is 16.8. The van der Waals surface area contributed by atoms with Gasteiger partial charge in [0, 0.05) is 30.9 Å². The van der Waals surface area contributed by atoms with Crippen molar-refractivity contribution in [3.63, 3.8) is 0 Å². The molecule has 0 atom stereocenters. The lowest BCUT2D eigenvalue weighted by molar-refractivity contribution is 0.355. The number of aromatic nitrogens is 1. The highest BCUT2D eigenvalue weighted by Gasteiger charge is 2.21. The number of benzene rings is 2. The van der Waals surface area contributed by atoms with E-state index < -0.39 is 0 Å². The number of hydrogen-bond acceptors (Lipinski definition) is 4. The van der Waals surface area contributed by atoms with Gasteiger partial charge in [0.05, 0.1) is 20.3 Å². The minimum atomic E-state index is 0.0345. The Bertz CT molecular complexity index is 906. The van der Waals surface area contributed by atoms with Crippen LogP contribution in [0.2, 0.25) is 10.0 Å². The molecule has 1 aliphatic heterocycles. The largest absolute Gasteiger partial charge is 0.382 e. The maximum absolute atomic E-state index is 11.5. The van der Waals surface area contributed by atoms with Crippen LogP contribution in [0.1, 0.15) is 12.8 Å². The highest BCUT2D eigenvalue weighted by atomic mass is 35.5. The quantitative estimate of drug-likeness (QED) is 0.609. The molecule has 2 heterocycles. The molecule has 7 heteroatoms. The van der Waals surface area contributed by atoms with Crippen molar-refractivity contribution in [2.45, 2.75) is 18.9 Å². The third kappa shape index (κ3) is 3.64. The molecule has 129 valence electrons. The van der Waals surface area contributed by atoms with Crippen molar-refractivity contribution in [3.05, 3.63) is 46.4 Å². The summed E-state index contributed by atoms with van der Waals surface area (Å²) in [6, 6.07) is 11.1. The summed E-state index contributed by atoms with van der Waals surface area (Å²) in [6.07, 6.45) is 2.03. The van der Waals surface area contributed by atoms with Gasteiger partial charge in [-0.15, -0.1) is 0 Å². The molecule has 4 nitrogen and oxygen atoms in total. The van der Waals surface area contributed by atoms with Crippen LogP contribution in [0.3, 0.4) is 0 Å². The van der Waals surface area contributed by atoms with Crippen molar-refractivity contribution in [2.75, 3.05) is 23.3 Å². The van der Waals surface area contributed by atoms with Gasteiger partial charge < -0.3 is 10.2 Å². The number of hydrogen-bond donors (Lipinski definition) is 1. The molecule has 0 spiro atoms. The summed E-state index contributed by atoms with van der Waals surface area (Å²) in [5.41, 5.74) is 1.89. The number of fused-ring (bicyclic) bond motifs is 1. The fourth-order valence-corrected chi connectivity index (χ4v) is 4.41. The number of piperidine rings is 1. The van der Waals surface area contributed by atoms with Gasteiger partial charge in [0.2, 0.25) is 0 Å². The molecular weight excluding hydrogens is 377 g/mol. The smallest absolute Gasteiger partial charge is 0.186 e. The van der Waals surface area contributed by atoms with Crippen molar-refractivity contribution < 1.29 is 5.11 Å². The molecule has 1 N–H and O–H groups in total. The molecule has 0 bridgehead atoms. The van der Waals surface area contributed by atoms with Gasteiger partial charge in [0.25, 0.3) is 0 Å². The van der Waals surface area contributed by atoms with E-state index in [4.69, 9.17) is 23.2 Å². The zero-order chi connectivity index (χ0) is 17.4. The van der Waals surface area contributed by atoms with E-state index in [0.29, 0.717) is 16.1 Å². The summed E-state index contributed by atoms with van der Waals surface area (Å²) in [5.74, 6) is 0.0345. The number of halogens is 2. The van der Waals surface area contributed by atoms with E-state index in [-0.39, 0.29) is 5.75 Å². The lowest BCUT2D eigenvalue weighted by Gasteiger charge is -2.32. The zero-order valence-corrected chi connectivity index (χ0v) is 15.7. The van der Waals surface area contributed by atoms with Gasteiger partial charge in [-0.2, -0.15) is 0 Å². The lowest BCUT2D eigenvalue weighted by atomic mass is 10.1. The molecule has 1 fully saturated rings. The maximum Gasteiger partial charge on any atom is 0.186 e. The summed E-state index contributed by atoms with van der Waals surface area (Å²) in [4.78, 5) is 6.95. The third-order valence-corrected chi connectivity index (χ3v) is 6.22. The first-order valence-corrected chi connectivity index (χ1v) is 9.70. The molecule has 25 heavy (non-hydrogen) atoms. The first-order chi connectivity index (χ1) is 12.1. The molecule has 0 unspecified atom stereocenters. The number of nitrogens with zero attached hydrogens (tertiary/aromatic N) is 2. The predicted molar refractivity (Wildman–Crippen MR) is 105 cm³/mol. The second-order valence-electron chi connectivity index (χ2n) is 6.16. The standard InChI is InChI=1S/C18H16Cl2N3OS/c19-14-3-1-12(9-15(14)20)21-11-5-7-23(8-6-11)18-22-16-4-2-13(24)10-17(16)25-18/h1-4,9-11,21H,5-8H2. The molecule has 2 aromatic carbocycles. The Morgan fingerprint density at radius 2 is 1.88 bits per heavy atom. The Kier molecular flexibility index (Phi) is 4.63. The van der Waals surface area contributed by atoms with E-state index in [1.54, 1.807) is 29.5 Å². The number of nitrogens with one attached hydrogen (secondary N) is 1. The van der Waals surface area contributed by atoms with Crippen molar-refractivity contribution >= 4 is 55.6 Å². The Balaban J connectivity index is 1.41. The lowest BCUT2D eigenvalue weighted by Crippen LogP contribution is -2.39. The van der Waals surface area contributed by atoms with Crippen LogP contribution < -0.4 is 10.2 Å². The highest BCUT2D eigenvalue weighted by molar-refractivity contribution is 7.22. The second kappa shape index (κ2) is 6.90. The Hall–Kier alpha value is -1.69. The van der Waals surface area contributed by atoms with Gasteiger partial charge in [-0.1, -0.05) is 34.5 Å². The van der Waals surface area contributed by atoms with Crippen LogP contribution in [-0.4, -0.2) is 24.1 Å². The number of anilines is 2. The highest BCUT2D eigenvalue weighted by Crippen LogP contribution is 2.33. The average molecular weight is 393 g/mol. The minimum absolute atomic E-state index is 0.0345. The van der Waals surface area contributed by atoms with Crippen molar-refractivity contribution in [2.24, 2.45) is 0 Å². The number of rotatable bonds is 3. The third-order valence-electron chi connectivity index (χ3n) is 4.40. The van der Waals surface area contributed by atoms with Crippen molar-refractivity contribution in [1.82, 2.24) is 4.98 Å². The van der Waals surface area contributed by atoms with Crippen LogP contribution in [0.15, 0.2) is 36.4 Å². The molecule has 0 saturated carbocycles. The van der Waals surface area contributed by atoms with Gasteiger partial charge in [-0.3, -0.25) is 5.11 Å². The van der Waals surface area contributed by atoms with E-state index in [1.807, 2.05) is 18.2 Å². The van der Waals surface area contributed by atoms with E-state index in [1.165, 1.54) is 0 Å². The molecule has 1 aliphatic rings. The topological polar surface area (TPSA) is 48.1 Å². The molecule has 1 radical (unpaired) electrons. The normalized spacial score (nSPS) is 15.7. The monoisotopic (exact) mass is 392 g/mol. The molecule has 4 rings (SSSR count). The molecule has 1 saturated heterocycles. The van der Waals surface area contributed by atoms with Gasteiger partial charge >= 0.3 is 0 Å². The molecule has 3 aromatic rings. The van der Waals surface area contributed by atoms with Crippen molar-refractivity contribution in [1.29, 1.82) is 0 Å². The fourth-order valence-electron chi connectivity index (χ4n) is 3.06. The SMILES string of the molecule is [O]c1ccc2nc(N3CCC(Nc4ccc(Cl)c(Cl)c4)CC3)sc2c1. The summed E-state index contributed by atoms with van der Waals surface area (Å²) in [5, 5.41) is 17.1. The second-order valence-corrected chi connectivity index (χ2v) is 7.98. The zero-order valence-electron chi connectivity index (χ0n) is 13.3. The van der Waals surface area contributed by atoms with Crippen LogP contribution in [0.5, 0.6) is 5.75 Å². The molecular formula is C18H16Cl2N3OS. The van der Waals surface area contributed by atoms with E-state index in [0.717, 1.165) is 47.0 Å². The van der Waals surface area contributed by atoms with Gasteiger partial charge in [0.15, 0.2) is 10.9 Å². The molecule has 1 aromatic heterocycles. The summed E-state index contributed by atoms with van der Waals surface area (Å²) < 4.78 is 0.957. The van der Waals surface area contributed by atoms with Crippen LogP contribution in [0.25, 0.3) is 10.2 Å². The number of thiazole rings is 1. The first-order valence-electron chi connectivity index (χ1n) is 8.12. The molecule has 0 aliphatic carbocycles. The predicted octanol–water partition coefficient (Wildman–Crippen LogP) is 5.83. The van der Waals surface area contributed by atoms with Crippen molar-refractivity contribution in [3.8, 4) is 5.75 Å². The Morgan fingerprint density at radius 3 is 2.64 bits per heavy atom. The van der Waals surface area contributed by atoms with Gasteiger partial charge in [-0.05, 0) is 43.2 Å². The maximum atomic E-state index is 11.5. The van der Waals surface area contributed by atoms with Crippen LogP contribution in [0, 0.1) is 0 Å². The van der Waals surface area contributed by atoms with Gasteiger partial charge in [-0.25, -0.2) is 4.98 Å². The minimum Gasteiger partial charge on any atom is -0.382 e. The van der Waals surface area contributed by atoms with E-state index in [2.05, 4.69) is 15.2 Å². The fraction of sp³-hybridized carbons (Fsp3) is 0.278. The summed E-state index contributed by atoms with van der Waals surface area (Å²) in [6.45, 7) is 1.87. The van der Waals surface area contributed by atoms with E-state index in [9.17, 15) is 5.11 Å². The Morgan fingerprint density at radius 1 is 1.08 bits per heavy atom. The Labute approximate surface area is 160 Å². The van der Waals surface area contributed by atoms with Crippen LogP contribution >= 0.6 is 34.5 Å². The van der Waals surface area contributed by atoms with Crippen LogP contribution in [0.4, 0.5) is 10.8 Å². The van der Waals surface area contributed by atoms with Crippen LogP contribution in [-0.2, 0) is 5.11 Å². The van der Waals surface area contributed by atoms with Gasteiger partial charge in [0.1, 0.15) is 0 Å². The average Bonchev–Trinajstić information content (AvgIpc) is 3.02.